The van der Waals surface area contributed by atoms with E-state index in [1.807, 2.05) is 54.6 Å². The number of aromatic nitrogens is 2. The fourth-order valence-electron chi connectivity index (χ4n) is 3.67. The fraction of sp³-hybridized carbons (Fsp3) is 0. The van der Waals surface area contributed by atoms with Crippen LogP contribution in [0.25, 0.3) is 45.0 Å². The molecule has 0 aliphatic heterocycles. The van der Waals surface area contributed by atoms with E-state index in [0.29, 0.717) is 0 Å². The fourth-order valence-corrected chi connectivity index (χ4v) is 4.07. The third kappa shape index (κ3) is 4.18. The maximum Gasteiger partial charge on any atom is 0.160 e. The minimum atomic E-state index is 0.723. The molecule has 148 valence electrons. The zero-order valence-electron chi connectivity index (χ0n) is 16.7. The number of benzene rings is 4. The first-order valence-corrected chi connectivity index (χ1v) is 10.9. The molecule has 4 aromatic carbocycles. The van der Waals surface area contributed by atoms with Crippen molar-refractivity contribution in [2.75, 3.05) is 0 Å². The van der Waals surface area contributed by atoms with E-state index in [1.165, 1.54) is 0 Å². The second-order valence-electron chi connectivity index (χ2n) is 7.25. The zero-order chi connectivity index (χ0) is 21.0. The first-order valence-electron chi connectivity index (χ1n) is 10.1. The highest BCUT2D eigenvalue weighted by atomic mass is 79.9. The van der Waals surface area contributed by atoms with Crippen molar-refractivity contribution in [3.05, 3.63) is 120 Å². The quantitative estimate of drug-likeness (QED) is 0.271. The van der Waals surface area contributed by atoms with Crippen LogP contribution in [0.2, 0.25) is 0 Å². The molecule has 0 saturated carbocycles. The van der Waals surface area contributed by atoms with Crippen molar-refractivity contribution in [1.82, 2.24) is 9.97 Å². The molecule has 0 aliphatic rings. The third-order valence-electron chi connectivity index (χ3n) is 5.17. The number of hydrogen-bond donors (Lipinski definition) is 0. The molecule has 0 unspecified atom stereocenters. The normalized spacial score (nSPS) is 10.7. The Hall–Kier alpha value is -3.56. The van der Waals surface area contributed by atoms with Gasteiger partial charge in [0.25, 0.3) is 0 Å². The molecular formula is C28H19BrN2. The molecular weight excluding hydrogens is 444 g/mol. The van der Waals surface area contributed by atoms with E-state index in [1.54, 1.807) is 0 Å². The molecule has 0 fully saturated rings. The van der Waals surface area contributed by atoms with Gasteiger partial charge < -0.3 is 0 Å². The molecule has 0 radical (unpaired) electrons. The van der Waals surface area contributed by atoms with Crippen molar-refractivity contribution in [3.63, 3.8) is 0 Å². The summed E-state index contributed by atoms with van der Waals surface area (Å²) >= 11 is 3.60. The average Bonchev–Trinajstić information content (AvgIpc) is 2.85. The summed E-state index contributed by atoms with van der Waals surface area (Å²) in [4.78, 5) is 9.88. The maximum atomic E-state index is 4.99. The molecule has 1 heterocycles. The van der Waals surface area contributed by atoms with Gasteiger partial charge in [-0.15, -0.1) is 0 Å². The largest absolute Gasteiger partial charge is 0.228 e. The van der Waals surface area contributed by atoms with Gasteiger partial charge in [0.1, 0.15) is 0 Å². The Bertz CT molecular complexity index is 1270. The van der Waals surface area contributed by atoms with Crippen LogP contribution in [0.15, 0.2) is 120 Å². The van der Waals surface area contributed by atoms with Gasteiger partial charge in [-0.3, -0.25) is 0 Å². The summed E-state index contributed by atoms with van der Waals surface area (Å²) in [5, 5.41) is 0. The van der Waals surface area contributed by atoms with Gasteiger partial charge in [-0.25, -0.2) is 9.97 Å². The van der Waals surface area contributed by atoms with Crippen molar-refractivity contribution in [3.8, 4) is 45.0 Å². The Morgan fingerprint density at radius 1 is 0.452 bits per heavy atom. The van der Waals surface area contributed by atoms with E-state index < -0.39 is 0 Å². The topological polar surface area (TPSA) is 25.8 Å². The van der Waals surface area contributed by atoms with Gasteiger partial charge in [0, 0.05) is 21.2 Å². The minimum Gasteiger partial charge on any atom is -0.228 e. The van der Waals surface area contributed by atoms with Crippen LogP contribution in [0.4, 0.5) is 0 Å². The highest BCUT2D eigenvalue weighted by molar-refractivity contribution is 9.10. The SMILES string of the molecule is Brc1cccc(-c2ccccc2-c2cc(-c3ccccc3)nc(-c3ccccc3)n2)c1. The molecule has 3 heteroatoms. The third-order valence-corrected chi connectivity index (χ3v) is 5.66. The Labute approximate surface area is 190 Å². The highest BCUT2D eigenvalue weighted by Gasteiger charge is 2.13. The summed E-state index contributed by atoms with van der Waals surface area (Å²) < 4.78 is 1.05. The Balaban J connectivity index is 1.73. The van der Waals surface area contributed by atoms with E-state index in [-0.39, 0.29) is 0 Å². The monoisotopic (exact) mass is 462 g/mol. The van der Waals surface area contributed by atoms with Crippen LogP contribution in [0.1, 0.15) is 0 Å². The predicted molar refractivity (Wildman–Crippen MR) is 131 cm³/mol. The maximum absolute atomic E-state index is 4.99. The van der Waals surface area contributed by atoms with Gasteiger partial charge in [0.2, 0.25) is 0 Å². The Morgan fingerprint density at radius 2 is 1.03 bits per heavy atom. The Morgan fingerprint density at radius 3 is 1.74 bits per heavy atom. The van der Waals surface area contributed by atoms with Crippen LogP contribution in [0.3, 0.4) is 0 Å². The molecule has 0 amide bonds. The van der Waals surface area contributed by atoms with Gasteiger partial charge >= 0.3 is 0 Å². The molecule has 0 bridgehead atoms. The van der Waals surface area contributed by atoms with Crippen LogP contribution < -0.4 is 0 Å². The molecule has 2 nitrogen and oxygen atoms in total. The minimum absolute atomic E-state index is 0.723. The standard InChI is InChI=1S/C28H19BrN2/c29-23-15-9-14-22(18-23)24-16-7-8-17-25(24)27-19-26(20-10-3-1-4-11-20)30-28(31-27)21-12-5-2-6-13-21/h1-19H. The lowest BCUT2D eigenvalue weighted by Crippen LogP contribution is -1.97. The van der Waals surface area contributed by atoms with Crippen molar-refractivity contribution in [2.24, 2.45) is 0 Å². The van der Waals surface area contributed by atoms with Crippen molar-refractivity contribution >= 4 is 15.9 Å². The van der Waals surface area contributed by atoms with Gasteiger partial charge in [0.15, 0.2) is 5.82 Å². The summed E-state index contributed by atoms with van der Waals surface area (Å²) in [6.07, 6.45) is 0. The van der Waals surface area contributed by atoms with E-state index in [9.17, 15) is 0 Å². The van der Waals surface area contributed by atoms with Crippen molar-refractivity contribution < 1.29 is 0 Å². The zero-order valence-corrected chi connectivity index (χ0v) is 18.3. The number of nitrogens with zero attached hydrogens (tertiary/aromatic N) is 2. The average molecular weight is 463 g/mol. The first kappa shape index (κ1) is 19.4. The molecule has 31 heavy (non-hydrogen) atoms. The van der Waals surface area contributed by atoms with Gasteiger partial charge in [-0.05, 0) is 29.3 Å². The summed E-state index contributed by atoms with van der Waals surface area (Å²) in [7, 11) is 0. The van der Waals surface area contributed by atoms with Crippen LogP contribution >= 0.6 is 15.9 Å². The molecule has 0 aliphatic carbocycles. The molecule has 0 N–H and O–H groups in total. The van der Waals surface area contributed by atoms with Crippen LogP contribution in [-0.4, -0.2) is 9.97 Å². The lowest BCUT2D eigenvalue weighted by Gasteiger charge is -2.13. The van der Waals surface area contributed by atoms with E-state index in [2.05, 4.69) is 76.6 Å². The lowest BCUT2D eigenvalue weighted by atomic mass is 9.96. The molecule has 0 saturated heterocycles. The van der Waals surface area contributed by atoms with Gasteiger partial charge in [0.05, 0.1) is 11.4 Å². The highest BCUT2D eigenvalue weighted by Crippen LogP contribution is 2.34. The Kier molecular flexibility index (Phi) is 5.42. The molecule has 5 aromatic rings. The van der Waals surface area contributed by atoms with Crippen molar-refractivity contribution in [1.29, 1.82) is 0 Å². The summed E-state index contributed by atoms with van der Waals surface area (Å²) in [6, 6.07) is 39.2. The summed E-state index contributed by atoms with van der Waals surface area (Å²) in [5.74, 6) is 0.723. The number of hydrogen-bond acceptors (Lipinski definition) is 2. The van der Waals surface area contributed by atoms with Crippen LogP contribution in [0.5, 0.6) is 0 Å². The molecule has 1 aromatic heterocycles. The molecule has 0 atom stereocenters. The second-order valence-corrected chi connectivity index (χ2v) is 8.17. The van der Waals surface area contributed by atoms with E-state index in [0.717, 1.165) is 49.5 Å². The van der Waals surface area contributed by atoms with E-state index >= 15 is 0 Å². The van der Waals surface area contributed by atoms with Crippen molar-refractivity contribution in [2.45, 2.75) is 0 Å². The van der Waals surface area contributed by atoms with Gasteiger partial charge in [-0.1, -0.05) is 113 Å². The molecule has 5 rings (SSSR count). The smallest absolute Gasteiger partial charge is 0.160 e. The lowest BCUT2D eigenvalue weighted by molar-refractivity contribution is 1.18. The van der Waals surface area contributed by atoms with Crippen LogP contribution in [-0.2, 0) is 0 Å². The summed E-state index contributed by atoms with van der Waals surface area (Å²) in [6.45, 7) is 0. The van der Waals surface area contributed by atoms with Gasteiger partial charge in [-0.2, -0.15) is 0 Å². The second kappa shape index (κ2) is 8.66. The molecule has 0 spiro atoms. The number of halogens is 1. The first-order chi connectivity index (χ1) is 15.3. The van der Waals surface area contributed by atoms with E-state index in [4.69, 9.17) is 9.97 Å². The predicted octanol–water partition coefficient (Wildman–Crippen LogP) is 7.91. The summed E-state index contributed by atoms with van der Waals surface area (Å²) in [5.41, 5.74) is 7.26. The number of rotatable bonds is 4. The van der Waals surface area contributed by atoms with Crippen LogP contribution in [0, 0.1) is 0 Å².